The molecule has 1 heterocycles. The number of esters is 2. The third-order valence-electron chi connectivity index (χ3n) is 5.86. The average molecular weight is 570 g/mol. The largest absolute Gasteiger partial charge is 0.485 e. The Morgan fingerprint density at radius 1 is 0.927 bits per heavy atom. The Balaban J connectivity index is 1.48. The monoisotopic (exact) mass is 569 g/mol. The molecule has 10 nitrogen and oxygen atoms in total. The Labute approximate surface area is 240 Å². The number of aliphatic hydroxyl groups is 1. The summed E-state index contributed by atoms with van der Waals surface area (Å²) in [6.45, 7) is 5.65. The number of ether oxygens (including phenoxy) is 5. The lowest BCUT2D eigenvalue weighted by Crippen LogP contribution is -2.34. The molecule has 0 radical (unpaired) electrons. The number of hydrogen-bond acceptors (Lipinski definition) is 9. The average Bonchev–Trinajstić information content (AvgIpc) is 3.26. The summed E-state index contributed by atoms with van der Waals surface area (Å²) in [4.78, 5) is 36.6. The van der Waals surface area contributed by atoms with Crippen LogP contribution in [0.4, 0.5) is 4.79 Å². The molecule has 2 N–H and O–H groups in total. The molecule has 0 spiro atoms. The molecule has 2 aromatic rings. The van der Waals surface area contributed by atoms with Gasteiger partial charge in [0.1, 0.15) is 31.5 Å². The summed E-state index contributed by atoms with van der Waals surface area (Å²) in [5.74, 6) is -1.33. The number of carbonyl (C=O) groups is 3. The molecule has 3 rings (SSSR count). The summed E-state index contributed by atoms with van der Waals surface area (Å²) < 4.78 is 27.5. The lowest BCUT2D eigenvalue weighted by molar-refractivity contribution is -0.155. The highest BCUT2D eigenvalue weighted by atomic mass is 16.6. The first-order valence-electron chi connectivity index (χ1n) is 13.7. The molecule has 0 fully saturated rings. The van der Waals surface area contributed by atoms with Gasteiger partial charge < -0.3 is 34.1 Å². The first kappa shape index (κ1) is 31.5. The lowest BCUT2D eigenvalue weighted by Gasteiger charge is -2.20. The number of amides is 1. The molecule has 2 unspecified atom stereocenters. The minimum atomic E-state index is -1.36. The molecule has 222 valence electrons. The Morgan fingerprint density at radius 2 is 1.54 bits per heavy atom. The van der Waals surface area contributed by atoms with Crippen LogP contribution in [0.1, 0.15) is 57.6 Å². The molecule has 1 aliphatic rings. The van der Waals surface area contributed by atoms with Crippen molar-refractivity contribution in [2.75, 3.05) is 13.2 Å². The Hall–Kier alpha value is -4.05. The van der Waals surface area contributed by atoms with E-state index >= 15 is 0 Å². The SMILES string of the molecule is CC(C)(C)OC(=O)NCCCCCC(=O)OCC(O)C1OC(=O)C(OCc2ccccc2)=C1OCc1ccccc1. The summed E-state index contributed by atoms with van der Waals surface area (Å²) >= 11 is 0. The van der Waals surface area contributed by atoms with Crippen LogP contribution in [0.15, 0.2) is 72.2 Å². The van der Waals surface area contributed by atoms with Crippen molar-refractivity contribution in [3.63, 3.8) is 0 Å². The van der Waals surface area contributed by atoms with E-state index in [4.69, 9.17) is 23.7 Å². The van der Waals surface area contributed by atoms with E-state index in [1.807, 2.05) is 60.7 Å². The molecule has 0 aromatic heterocycles. The summed E-state index contributed by atoms with van der Waals surface area (Å²) in [5.41, 5.74) is 1.13. The zero-order valence-corrected chi connectivity index (χ0v) is 23.8. The van der Waals surface area contributed by atoms with Gasteiger partial charge in [-0.25, -0.2) is 9.59 Å². The third kappa shape index (κ3) is 11.2. The molecule has 0 bridgehead atoms. The number of carbonyl (C=O) groups excluding carboxylic acids is 3. The van der Waals surface area contributed by atoms with Gasteiger partial charge in [0.2, 0.25) is 5.76 Å². The maximum absolute atomic E-state index is 12.7. The van der Waals surface area contributed by atoms with Crippen LogP contribution >= 0.6 is 0 Å². The van der Waals surface area contributed by atoms with Crippen LogP contribution in [0, 0.1) is 0 Å². The first-order valence-corrected chi connectivity index (χ1v) is 13.7. The van der Waals surface area contributed by atoms with Crippen molar-refractivity contribution in [1.82, 2.24) is 5.32 Å². The van der Waals surface area contributed by atoms with Crippen LogP contribution in [0.25, 0.3) is 0 Å². The van der Waals surface area contributed by atoms with Gasteiger partial charge in [0.05, 0.1) is 0 Å². The van der Waals surface area contributed by atoms with Crippen LogP contribution in [0.3, 0.4) is 0 Å². The van der Waals surface area contributed by atoms with E-state index in [0.29, 0.717) is 25.8 Å². The predicted octanol–water partition coefficient (Wildman–Crippen LogP) is 4.55. The zero-order chi connectivity index (χ0) is 29.7. The second-order valence-corrected chi connectivity index (χ2v) is 10.6. The van der Waals surface area contributed by atoms with E-state index in [1.165, 1.54) is 0 Å². The van der Waals surface area contributed by atoms with Crippen LogP contribution in [-0.2, 0) is 46.5 Å². The van der Waals surface area contributed by atoms with Gasteiger partial charge in [-0.05, 0) is 44.7 Å². The van der Waals surface area contributed by atoms with E-state index in [-0.39, 0.29) is 37.8 Å². The minimum absolute atomic E-state index is 0.0517. The van der Waals surface area contributed by atoms with E-state index in [9.17, 15) is 19.5 Å². The van der Waals surface area contributed by atoms with Crippen molar-refractivity contribution < 1.29 is 43.2 Å². The fraction of sp³-hybridized carbons (Fsp3) is 0.452. The Morgan fingerprint density at radius 3 is 2.15 bits per heavy atom. The van der Waals surface area contributed by atoms with Crippen LogP contribution in [0.5, 0.6) is 0 Å². The van der Waals surface area contributed by atoms with Gasteiger partial charge in [0.25, 0.3) is 0 Å². The van der Waals surface area contributed by atoms with Crippen molar-refractivity contribution in [2.24, 2.45) is 0 Å². The number of rotatable bonds is 15. The van der Waals surface area contributed by atoms with Crippen molar-refractivity contribution in [1.29, 1.82) is 0 Å². The molecule has 10 heteroatoms. The van der Waals surface area contributed by atoms with Gasteiger partial charge in [-0.1, -0.05) is 67.1 Å². The van der Waals surface area contributed by atoms with Gasteiger partial charge in [-0.2, -0.15) is 0 Å². The summed E-state index contributed by atoms with van der Waals surface area (Å²) in [7, 11) is 0. The van der Waals surface area contributed by atoms with E-state index < -0.39 is 35.8 Å². The molecule has 0 saturated heterocycles. The minimum Gasteiger partial charge on any atom is -0.485 e. The topological polar surface area (TPSA) is 130 Å². The smallest absolute Gasteiger partial charge is 0.407 e. The van der Waals surface area contributed by atoms with Crippen molar-refractivity contribution in [2.45, 2.75) is 77.5 Å². The molecule has 2 aromatic carbocycles. The molecule has 0 saturated carbocycles. The second-order valence-electron chi connectivity index (χ2n) is 10.6. The number of hydrogen-bond donors (Lipinski definition) is 2. The normalized spacial score (nSPS) is 15.6. The maximum atomic E-state index is 12.7. The van der Waals surface area contributed by atoms with Gasteiger partial charge in [-0.3, -0.25) is 4.79 Å². The predicted molar refractivity (Wildman–Crippen MR) is 149 cm³/mol. The molecule has 1 aliphatic heterocycles. The molecule has 1 amide bonds. The number of benzene rings is 2. The number of cyclic esters (lactones) is 1. The quantitative estimate of drug-likeness (QED) is 0.180. The van der Waals surface area contributed by atoms with Gasteiger partial charge >= 0.3 is 18.0 Å². The number of unbranched alkanes of at least 4 members (excludes halogenated alkanes) is 2. The Bertz CT molecular complexity index is 1160. The van der Waals surface area contributed by atoms with Crippen molar-refractivity contribution in [3.05, 3.63) is 83.3 Å². The van der Waals surface area contributed by atoms with E-state index in [0.717, 1.165) is 11.1 Å². The van der Waals surface area contributed by atoms with Gasteiger partial charge in [0.15, 0.2) is 11.9 Å². The number of alkyl carbamates (subject to hydrolysis) is 1. The van der Waals surface area contributed by atoms with Crippen molar-refractivity contribution in [3.8, 4) is 0 Å². The fourth-order valence-electron chi connectivity index (χ4n) is 3.86. The van der Waals surface area contributed by atoms with E-state index in [2.05, 4.69) is 5.32 Å². The van der Waals surface area contributed by atoms with Crippen LogP contribution in [-0.4, -0.2) is 54.1 Å². The van der Waals surface area contributed by atoms with E-state index in [1.54, 1.807) is 20.8 Å². The first-order chi connectivity index (χ1) is 19.6. The zero-order valence-electron chi connectivity index (χ0n) is 23.8. The molecule has 0 aliphatic carbocycles. The lowest BCUT2D eigenvalue weighted by atomic mass is 10.1. The summed E-state index contributed by atoms with van der Waals surface area (Å²) in [5, 5.41) is 13.5. The van der Waals surface area contributed by atoms with Crippen LogP contribution in [0.2, 0.25) is 0 Å². The number of aliphatic hydroxyl groups excluding tert-OH is 1. The summed E-state index contributed by atoms with van der Waals surface area (Å²) in [6.07, 6.45) is -0.975. The third-order valence-corrected chi connectivity index (χ3v) is 5.86. The highest BCUT2D eigenvalue weighted by Gasteiger charge is 2.42. The standard InChI is InChI=1S/C31H39NO9/c1-31(2,3)41-30(36)32-18-12-6-11-17-25(34)37-21-24(33)26-27(38-19-22-13-7-4-8-14-22)28(29(35)40-26)39-20-23-15-9-5-10-16-23/h4-5,7-10,13-16,24,26,33H,6,11-12,17-21H2,1-3H3,(H,32,36). The summed E-state index contributed by atoms with van der Waals surface area (Å²) in [6, 6.07) is 18.6. The second kappa shape index (κ2) is 15.7. The maximum Gasteiger partial charge on any atom is 0.407 e. The molecular formula is C31H39NO9. The molecular weight excluding hydrogens is 530 g/mol. The van der Waals surface area contributed by atoms with Gasteiger partial charge in [-0.15, -0.1) is 0 Å². The highest BCUT2D eigenvalue weighted by Crippen LogP contribution is 2.29. The molecule has 2 atom stereocenters. The Kier molecular flexibility index (Phi) is 12.0. The number of nitrogens with one attached hydrogen (secondary N) is 1. The van der Waals surface area contributed by atoms with Crippen LogP contribution < -0.4 is 5.32 Å². The fourth-order valence-corrected chi connectivity index (χ4v) is 3.86. The van der Waals surface area contributed by atoms with Crippen molar-refractivity contribution >= 4 is 18.0 Å². The highest BCUT2D eigenvalue weighted by molar-refractivity contribution is 5.89. The molecule has 41 heavy (non-hydrogen) atoms. The van der Waals surface area contributed by atoms with Gasteiger partial charge in [0, 0.05) is 13.0 Å².